The van der Waals surface area contributed by atoms with Gasteiger partial charge in [-0.15, -0.1) is 24.2 Å². The second-order valence-corrected chi connectivity index (χ2v) is 4.05. The van der Waals surface area contributed by atoms with Crippen molar-refractivity contribution in [3.8, 4) is 0 Å². The Morgan fingerprint density at radius 3 is 3.00 bits per heavy atom. The number of carbonyl (C=O) groups excluding carboxylic acids is 2. The molecule has 0 unspecified atom stereocenters. The molecule has 0 spiro atoms. The molecule has 0 radical (unpaired) electrons. The van der Waals surface area contributed by atoms with Crippen molar-refractivity contribution in [2.75, 3.05) is 12.9 Å². The number of nitrogens with zero attached hydrogens (tertiary/aromatic N) is 1. The molecule has 0 aromatic heterocycles. The van der Waals surface area contributed by atoms with Crippen molar-refractivity contribution in [2.24, 2.45) is 0 Å². The minimum Gasteiger partial charge on any atom is -0.464 e. The van der Waals surface area contributed by atoms with Gasteiger partial charge in [0, 0.05) is 5.75 Å². The van der Waals surface area contributed by atoms with E-state index in [9.17, 15) is 9.59 Å². The lowest BCUT2D eigenvalue weighted by Crippen LogP contribution is -2.53. The summed E-state index contributed by atoms with van der Waals surface area (Å²) in [6.45, 7) is 0. The molecule has 4 nitrogen and oxygen atoms in total. The normalized spacial score (nSPS) is 24.1. The molecular weight excluding hydrogens is 226 g/mol. The van der Waals surface area contributed by atoms with Crippen molar-refractivity contribution in [1.82, 2.24) is 4.90 Å². The van der Waals surface area contributed by atoms with Crippen LogP contribution in [0.4, 0.5) is 0 Å². The predicted molar refractivity (Wildman–Crippen MR) is 55.1 cm³/mol. The molecule has 2 aliphatic heterocycles. The highest BCUT2D eigenvalue weighted by Gasteiger charge is 2.43. The van der Waals surface area contributed by atoms with E-state index < -0.39 is 5.97 Å². The second-order valence-electron chi connectivity index (χ2n) is 2.84. The van der Waals surface area contributed by atoms with Crippen LogP contribution in [0.5, 0.6) is 0 Å². The van der Waals surface area contributed by atoms with E-state index >= 15 is 0 Å². The number of fused-ring (bicyclic) bond motifs is 1. The van der Waals surface area contributed by atoms with Crippen molar-refractivity contribution in [2.45, 2.75) is 11.8 Å². The number of halogens is 1. The first-order valence-electron chi connectivity index (χ1n) is 3.96. The summed E-state index contributed by atoms with van der Waals surface area (Å²) in [5.74, 6) is 0.367. The molecule has 1 atom stereocenters. The summed E-state index contributed by atoms with van der Waals surface area (Å²) in [4.78, 5) is 23.9. The Morgan fingerprint density at radius 1 is 1.71 bits per heavy atom. The highest BCUT2D eigenvalue weighted by Crippen LogP contribution is 2.36. The molecule has 0 aromatic carbocycles. The van der Waals surface area contributed by atoms with Gasteiger partial charge in [-0.25, -0.2) is 4.79 Å². The molecule has 2 rings (SSSR count). The molecule has 0 aliphatic carbocycles. The second kappa shape index (κ2) is 4.23. The van der Waals surface area contributed by atoms with Crippen LogP contribution in [0.15, 0.2) is 11.8 Å². The van der Waals surface area contributed by atoms with Crippen molar-refractivity contribution in [3.05, 3.63) is 11.8 Å². The molecule has 2 aliphatic rings. The van der Waals surface area contributed by atoms with Crippen molar-refractivity contribution < 1.29 is 14.3 Å². The maximum Gasteiger partial charge on any atom is 0.354 e. The van der Waals surface area contributed by atoms with Gasteiger partial charge in [0.15, 0.2) is 0 Å². The Labute approximate surface area is 92.1 Å². The number of carbonyl (C=O) groups is 2. The van der Waals surface area contributed by atoms with E-state index in [4.69, 9.17) is 0 Å². The van der Waals surface area contributed by atoms with Crippen LogP contribution in [0.2, 0.25) is 0 Å². The van der Waals surface area contributed by atoms with E-state index in [1.54, 1.807) is 17.8 Å². The summed E-state index contributed by atoms with van der Waals surface area (Å²) in [6, 6.07) is 0. The number of ether oxygens (including phenoxy) is 1. The van der Waals surface area contributed by atoms with Gasteiger partial charge < -0.3 is 4.74 Å². The molecule has 2 heterocycles. The number of esters is 1. The first-order chi connectivity index (χ1) is 6.24. The van der Waals surface area contributed by atoms with Crippen LogP contribution in [0.1, 0.15) is 6.42 Å². The van der Waals surface area contributed by atoms with Gasteiger partial charge in [-0.1, -0.05) is 0 Å². The van der Waals surface area contributed by atoms with Crippen LogP contribution < -0.4 is 0 Å². The summed E-state index contributed by atoms with van der Waals surface area (Å²) in [6.07, 6.45) is 2.28. The van der Waals surface area contributed by atoms with Crippen LogP contribution in [-0.2, 0) is 14.3 Å². The third-order valence-electron chi connectivity index (χ3n) is 2.13. The number of hydrogen-bond acceptors (Lipinski definition) is 4. The fraction of sp³-hybridized carbons (Fsp3) is 0.500. The fourth-order valence-corrected chi connectivity index (χ4v) is 2.55. The summed E-state index contributed by atoms with van der Waals surface area (Å²) in [7, 11) is 1.32. The quantitative estimate of drug-likeness (QED) is 0.498. The Bertz CT molecular complexity index is 305. The van der Waals surface area contributed by atoms with Gasteiger partial charge in [-0.05, 0) is 6.08 Å². The number of hydrogen-bond donors (Lipinski definition) is 0. The number of β-lactam (4-membered cyclic amide) rings is 1. The molecular formula is C8H10ClNO3S. The van der Waals surface area contributed by atoms with Gasteiger partial charge in [0.1, 0.15) is 5.70 Å². The van der Waals surface area contributed by atoms with E-state index in [-0.39, 0.29) is 23.7 Å². The highest BCUT2D eigenvalue weighted by molar-refractivity contribution is 8.00. The molecule has 0 N–H and O–H groups in total. The maximum atomic E-state index is 11.2. The lowest BCUT2D eigenvalue weighted by Gasteiger charge is -2.42. The van der Waals surface area contributed by atoms with E-state index in [0.29, 0.717) is 12.1 Å². The van der Waals surface area contributed by atoms with E-state index in [2.05, 4.69) is 4.74 Å². The number of rotatable bonds is 1. The van der Waals surface area contributed by atoms with Crippen molar-refractivity contribution >= 4 is 36.0 Å². The number of amides is 1. The summed E-state index contributed by atoms with van der Waals surface area (Å²) in [5.41, 5.74) is 0.405. The average Bonchev–Trinajstić information content (AvgIpc) is 2.14. The minimum absolute atomic E-state index is 0. The fourth-order valence-electron chi connectivity index (χ4n) is 1.43. The molecule has 14 heavy (non-hydrogen) atoms. The Hall–Kier alpha value is -0.680. The van der Waals surface area contributed by atoms with Gasteiger partial charge in [0.25, 0.3) is 0 Å². The zero-order valence-electron chi connectivity index (χ0n) is 7.56. The number of thioether (sulfide) groups is 1. The predicted octanol–water partition coefficient (Wildman–Crippen LogP) is 0.770. The van der Waals surface area contributed by atoms with E-state index in [0.717, 1.165) is 5.75 Å². The van der Waals surface area contributed by atoms with E-state index in [1.165, 1.54) is 12.0 Å². The molecule has 1 saturated heterocycles. The van der Waals surface area contributed by atoms with Gasteiger partial charge >= 0.3 is 5.97 Å². The highest BCUT2D eigenvalue weighted by atomic mass is 35.5. The molecule has 1 amide bonds. The molecule has 1 fully saturated rings. The Balaban J connectivity index is 0.000000980. The van der Waals surface area contributed by atoms with Crippen LogP contribution >= 0.6 is 24.2 Å². The molecule has 6 heteroatoms. The summed E-state index contributed by atoms with van der Waals surface area (Å²) >= 11 is 1.67. The van der Waals surface area contributed by atoms with Gasteiger partial charge in [0.2, 0.25) is 5.91 Å². The van der Waals surface area contributed by atoms with Crippen LogP contribution in [0.25, 0.3) is 0 Å². The van der Waals surface area contributed by atoms with Gasteiger partial charge in [-0.3, -0.25) is 9.69 Å². The third kappa shape index (κ3) is 1.62. The smallest absolute Gasteiger partial charge is 0.354 e. The largest absolute Gasteiger partial charge is 0.464 e. The Kier molecular flexibility index (Phi) is 3.44. The average molecular weight is 236 g/mol. The molecule has 0 bridgehead atoms. The van der Waals surface area contributed by atoms with Crippen LogP contribution in [-0.4, -0.2) is 35.0 Å². The van der Waals surface area contributed by atoms with Crippen LogP contribution in [0, 0.1) is 0 Å². The first-order valence-corrected chi connectivity index (χ1v) is 5.01. The van der Waals surface area contributed by atoms with Crippen molar-refractivity contribution in [3.63, 3.8) is 0 Å². The lowest BCUT2D eigenvalue weighted by atomic mass is 10.1. The van der Waals surface area contributed by atoms with Crippen molar-refractivity contribution in [1.29, 1.82) is 0 Å². The van der Waals surface area contributed by atoms with E-state index in [1.807, 2.05) is 0 Å². The zero-order valence-corrected chi connectivity index (χ0v) is 9.19. The minimum atomic E-state index is -0.418. The summed E-state index contributed by atoms with van der Waals surface area (Å²) in [5, 5.41) is 0.159. The molecule has 0 aromatic rings. The lowest BCUT2D eigenvalue weighted by molar-refractivity contribution is -0.147. The monoisotopic (exact) mass is 235 g/mol. The maximum absolute atomic E-state index is 11.2. The standard InChI is InChI=1S/C8H9NO3S.ClH/c1-12-8(11)5-2-3-13-7-4-6(10)9(5)7;/h2,7H,3-4H2,1H3;1H/t7-;/m1./s1. The van der Waals surface area contributed by atoms with Gasteiger partial charge in [0.05, 0.1) is 18.9 Å². The topological polar surface area (TPSA) is 46.6 Å². The summed E-state index contributed by atoms with van der Waals surface area (Å²) < 4.78 is 4.58. The zero-order chi connectivity index (χ0) is 9.42. The third-order valence-corrected chi connectivity index (χ3v) is 3.25. The molecule has 0 saturated carbocycles. The SMILES string of the molecule is COC(=O)C1=CCS[C@@H]2CC(=O)N12.Cl. The number of methoxy groups -OCH3 is 1. The first kappa shape index (κ1) is 11.4. The van der Waals surface area contributed by atoms with Crippen LogP contribution in [0.3, 0.4) is 0 Å². The Morgan fingerprint density at radius 2 is 2.43 bits per heavy atom. The molecule has 78 valence electrons. The van der Waals surface area contributed by atoms with Gasteiger partial charge in [-0.2, -0.15) is 0 Å².